The first kappa shape index (κ1) is 28.6. The smallest absolute Gasteiger partial charge is 0.350 e. The van der Waals surface area contributed by atoms with E-state index in [1.54, 1.807) is 39.0 Å². The largest absolute Gasteiger partial charge is 0.435 e. The Labute approximate surface area is 222 Å². The van der Waals surface area contributed by atoms with Gasteiger partial charge in [0.05, 0.1) is 16.3 Å². The number of aromatic nitrogens is 3. The second-order valence-corrected chi connectivity index (χ2v) is 9.55. The van der Waals surface area contributed by atoms with Crippen LogP contribution in [-0.2, 0) is 6.18 Å². The van der Waals surface area contributed by atoms with Crippen LogP contribution in [0.1, 0.15) is 59.8 Å². The lowest BCUT2D eigenvalue weighted by atomic mass is 10.0. The Morgan fingerprint density at radius 3 is 2.45 bits per heavy atom. The second-order valence-electron chi connectivity index (χ2n) is 9.14. The standard InChI is InChI=1S/C27H27ClF3N5O2/c1-14(2)9-10-18-16(5)12-17(6)23(22(18)26(38)33-15(3)4)34-25(37)20-13-21(27(29,30)31)35-36(20)24-19(28)8-7-11-32-24/h7-13,15H,5H2,1-4,6H3,(H,33,38)(H,34,37)/b18-10+. The fraction of sp³-hybridized carbons (Fsp3) is 0.259. The molecule has 0 bridgehead atoms. The van der Waals surface area contributed by atoms with E-state index in [9.17, 15) is 22.8 Å². The molecule has 0 aliphatic heterocycles. The lowest BCUT2D eigenvalue weighted by molar-refractivity contribution is -0.141. The minimum absolute atomic E-state index is 0.00780. The van der Waals surface area contributed by atoms with Crippen LogP contribution in [0.3, 0.4) is 0 Å². The van der Waals surface area contributed by atoms with Crippen LogP contribution < -0.4 is 21.1 Å². The molecule has 0 aliphatic rings. The van der Waals surface area contributed by atoms with Crippen molar-refractivity contribution in [3.05, 3.63) is 80.1 Å². The fourth-order valence-electron chi connectivity index (χ4n) is 3.63. The summed E-state index contributed by atoms with van der Waals surface area (Å²) in [7, 11) is 0. The number of nitrogens with one attached hydrogen (secondary N) is 2. The van der Waals surface area contributed by atoms with Crippen molar-refractivity contribution in [2.24, 2.45) is 0 Å². The highest BCUT2D eigenvalue weighted by Gasteiger charge is 2.37. The summed E-state index contributed by atoms with van der Waals surface area (Å²) < 4.78 is 41.4. The number of nitrogens with zero attached hydrogens (tertiary/aromatic N) is 3. The molecule has 0 spiro atoms. The van der Waals surface area contributed by atoms with Crippen LogP contribution >= 0.6 is 11.6 Å². The van der Waals surface area contributed by atoms with Crippen molar-refractivity contribution in [3.63, 3.8) is 0 Å². The molecule has 0 unspecified atom stereocenters. The van der Waals surface area contributed by atoms with Gasteiger partial charge in [-0.15, -0.1) is 0 Å². The van der Waals surface area contributed by atoms with Gasteiger partial charge < -0.3 is 10.6 Å². The highest BCUT2D eigenvalue weighted by molar-refractivity contribution is 6.32. The predicted octanol–water partition coefficient (Wildman–Crippen LogP) is 4.80. The molecule has 38 heavy (non-hydrogen) atoms. The summed E-state index contributed by atoms with van der Waals surface area (Å²) in [6.07, 6.45) is -0.0109. The molecule has 0 radical (unpaired) electrons. The number of allylic oxidation sites excluding steroid dienone is 2. The average Bonchev–Trinajstić information content (AvgIpc) is 3.25. The Hall–Kier alpha value is -3.92. The zero-order valence-electron chi connectivity index (χ0n) is 21.5. The lowest BCUT2D eigenvalue weighted by Crippen LogP contribution is -2.40. The quantitative estimate of drug-likeness (QED) is 0.466. The number of rotatable bonds is 6. The molecular formula is C27H27ClF3N5O2. The van der Waals surface area contributed by atoms with E-state index in [-0.39, 0.29) is 28.1 Å². The second kappa shape index (κ2) is 11.2. The van der Waals surface area contributed by atoms with Crippen LogP contribution in [0.15, 0.2) is 42.1 Å². The number of hydrogen-bond donors (Lipinski definition) is 2. The zero-order chi connectivity index (χ0) is 28.4. The highest BCUT2D eigenvalue weighted by Crippen LogP contribution is 2.31. The number of halogens is 4. The Balaban J connectivity index is 2.25. The molecule has 1 aromatic carbocycles. The Bertz CT molecular complexity index is 1540. The van der Waals surface area contributed by atoms with Crippen molar-refractivity contribution in [1.82, 2.24) is 20.1 Å². The number of alkyl halides is 3. The number of anilines is 1. The summed E-state index contributed by atoms with van der Waals surface area (Å²) in [4.78, 5) is 30.8. The van der Waals surface area contributed by atoms with Gasteiger partial charge in [0.25, 0.3) is 11.8 Å². The zero-order valence-corrected chi connectivity index (χ0v) is 22.3. The van der Waals surface area contributed by atoms with E-state index < -0.39 is 29.4 Å². The molecule has 0 atom stereocenters. The lowest BCUT2D eigenvalue weighted by Gasteiger charge is -2.17. The van der Waals surface area contributed by atoms with Crippen molar-refractivity contribution in [2.75, 3.05) is 5.32 Å². The minimum Gasteiger partial charge on any atom is -0.350 e. The first-order chi connectivity index (χ1) is 17.7. The molecule has 2 amide bonds. The van der Waals surface area contributed by atoms with Crippen LogP contribution in [0.2, 0.25) is 5.02 Å². The maximum Gasteiger partial charge on any atom is 0.435 e. The molecule has 0 saturated carbocycles. The predicted molar refractivity (Wildman–Crippen MR) is 142 cm³/mol. The third-order valence-electron chi connectivity index (χ3n) is 5.29. The SMILES string of the molecule is C=c1cc(C)c(NC(=O)c2cc(C(F)(F)F)nn2-c2ncccc2Cl)c(C(=O)NC(C)C)/c1=C/C=C(C)C. The van der Waals surface area contributed by atoms with Gasteiger partial charge in [0.1, 0.15) is 5.69 Å². The molecule has 200 valence electrons. The molecule has 2 heterocycles. The first-order valence-corrected chi connectivity index (χ1v) is 12.0. The van der Waals surface area contributed by atoms with Crippen LogP contribution in [-0.4, -0.2) is 32.6 Å². The topological polar surface area (TPSA) is 88.9 Å². The van der Waals surface area contributed by atoms with Crippen LogP contribution in [0.5, 0.6) is 0 Å². The van der Waals surface area contributed by atoms with Crippen molar-refractivity contribution in [2.45, 2.75) is 46.8 Å². The molecule has 3 rings (SSSR count). The summed E-state index contributed by atoms with van der Waals surface area (Å²) in [6.45, 7) is 13.0. The van der Waals surface area contributed by atoms with Gasteiger partial charge in [0.15, 0.2) is 11.5 Å². The van der Waals surface area contributed by atoms with Crippen LogP contribution in [0.25, 0.3) is 18.5 Å². The molecule has 3 aromatic rings. The van der Waals surface area contributed by atoms with Gasteiger partial charge >= 0.3 is 6.18 Å². The van der Waals surface area contributed by atoms with E-state index in [2.05, 4.69) is 27.3 Å². The van der Waals surface area contributed by atoms with E-state index in [1.165, 1.54) is 18.3 Å². The maximum absolute atomic E-state index is 13.6. The van der Waals surface area contributed by atoms with E-state index >= 15 is 0 Å². The Kier molecular flexibility index (Phi) is 8.46. The molecule has 0 aliphatic carbocycles. The summed E-state index contributed by atoms with van der Waals surface area (Å²) in [6, 6.07) is 4.97. The highest BCUT2D eigenvalue weighted by atomic mass is 35.5. The fourth-order valence-corrected chi connectivity index (χ4v) is 3.83. The number of hydrogen-bond acceptors (Lipinski definition) is 4. The summed E-state index contributed by atoms with van der Waals surface area (Å²) in [5.74, 6) is -1.58. The summed E-state index contributed by atoms with van der Waals surface area (Å²) in [5.41, 5.74) is -0.0632. The maximum atomic E-state index is 13.6. The van der Waals surface area contributed by atoms with E-state index in [0.717, 1.165) is 10.3 Å². The molecule has 7 nitrogen and oxygen atoms in total. The van der Waals surface area contributed by atoms with Crippen molar-refractivity contribution >= 4 is 41.8 Å². The van der Waals surface area contributed by atoms with Gasteiger partial charge in [-0.05, 0) is 68.8 Å². The number of aryl methyl sites for hydroxylation is 1. The number of benzene rings is 1. The van der Waals surface area contributed by atoms with E-state index in [0.29, 0.717) is 22.1 Å². The van der Waals surface area contributed by atoms with E-state index in [1.807, 2.05) is 13.8 Å². The summed E-state index contributed by atoms with van der Waals surface area (Å²) in [5, 5.41) is 9.99. The first-order valence-electron chi connectivity index (χ1n) is 11.6. The van der Waals surface area contributed by atoms with Gasteiger partial charge in [-0.3, -0.25) is 9.59 Å². The van der Waals surface area contributed by atoms with Crippen molar-refractivity contribution in [1.29, 1.82) is 0 Å². The number of amides is 2. The average molecular weight is 546 g/mol. The summed E-state index contributed by atoms with van der Waals surface area (Å²) >= 11 is 6.15. The molecule has 0 saturated heterocycles. The van der Waals surface area contributed by atoms with Crippen LogP contribution in [0, 0.1) is 6.92 Å². The van der Waals surface area contributed by atoms with Crippen molar-refractivity contribution in [3.8, 4) is 5.82 Å². The Morgan fingerprint density at radius 2 is 1.87 bits per heavy atom. The van der Waals surface area contributed by atoms with Crippen molar-refractivity contribution < 1.29 is 22.8 Å². The molecule has 11 heteroatoms. The molecular weight excluding hydrogens is 519 g/mol. The van der Waals surface area contributed by atoms with Gasteiger partial charge in [-0.25, -0.2) is 9.67 Å². The third-order valence-corrected chi connectivity index (χ3v) is 5.59. The Morgan fingerprint density at radius 1 is 1.18 bits per heavy atom. The normalized spacial score (nSPS) is 12.0. The van der Waals surface area contributed by atoms with E-state index in [4.69, 9.17) is 11.6 Å². The third kappa shape index (κ3) is 6.31. The van der Waals surface area contributed by atoms with Gasteiger partial charge in [0.2, 0.25) is 0 Å². The molecule has 2 N–H and O–H groups in total. The van der Waals surface area contributed by atoms with Crippen LogP contribution in [0.4, 0.5) is 18.9 Å². The molecule has 2 aromatic heterocycles. The van der Waals surface area contributed by atoms with Gasteiger partial charge in [0, 0.05) is 18.3 Å². The minimum atomic E-state index is -4.83. The molecule has 0 fully saturated rings. The number of pyridine rings is 1. The monoisotopic (exact) mass is 545 g/mol. The van der Waals surface area contributed by atoms with Gasteiger partial charge in [-0.2, -0.15) is 18.3 Å². The number of carbonyl (C=O) groups excluding carboxylic acids is 2. The van der Waals surface area contributed by atoms with Gasteiger partial charge in [-0.1, -0.05) is 35.9 Å². The number of carbonyl (C=O) groups is 2.